The molecule has 3 heteroatoms. The molecule has 0 aromatic heterocycles. The Balaban J connectivity index is 2.08. The first kappa shape index (κ1) is 8.75. The molecule has 2 rings (SSSR count). The largest absolute Gasteiger partial charge is 0.466 e. The van der Waals surface area contributed by atoms with E-state index in [1.807, 2.05) is 12.2 Å². The van der Waals surface area contributed by atoms with E-state index in [9.17, 15) is 9.90 Å². The molecule has 3 nitrogen and oxygen atoms in total. The van der Waals surface area contributed by atoms with Gasteiger partial charge < -0.3 is 9.84 Å². The maximum atomic E-state index is 11.4. The van der Waals surface area contributed by atoms with E-state index in [0.717, 1.165) is 6.42 Å². The molecule has 3 unspecified atom stereocenters. The summed E-state index contributed by atoms with van der Waals surface area (Å²) in [7, 11) is 0. The molecule has 0 radical (unpaired) electrons. The quantitative estimate of drug-likeness (QED) is 0.506. The van der Waals surface area contributed by atoms with Gasteiger partial charge in [-0.05, 0) is 19.3 Å². The van der Waals surface area contributed by atoms with Gasteiger partial charge in [0.15, 0.2) is 0 Å². The third-order valence-corrected chi connectivity index (χ3v) is 2.98. The van der Waals surface area contributed by atoms with Gasteiger partial charge in [0.1, 0.15) is 0 Å². The summed E-state index contributed by atoms with van der Waals surface area (Å²) in [5.41, 5.74) is 0. The summed E-state index contributed by atoms with van der Waals surface area (Å²) < 4.78 is 4.92. The van der Waals surface area contributed by atoms with Crippen LogP contribution in [0.3, 0.4) is 0 Å². The lowest BCUT2D eigenvalue weighted by Crippen LogP contribution is -2.33. The van der Waals surface area contributed by atoms with Gasteiger partial charge in [0.2, 0.25) is 0 Å². The van der Waals surface area contributed by atoms with Crippen molar-refractivity contribution in [3.05, 3.63) is 12.2 Å². The zero-order chi connectivity index (χ0) is 9.42. The van der Waals surface area contributed by atoms with E-state index in [2.05, 4.69) is 0 Å². The third kappa shape index (κ3) is 1.27. The second-order valence-corrected chi connectivity index (χ2v) is 3.72. The van der Waals surface area contributed by atoms with Crippen molar-refractivity contribution in [2.45, 2.75) is 19.4 Å². The number of aliphatic hydroxyl groups is 1. The summed E-state index contributed by atoms with van der Waals surface area (Å²) in [6, 6.07) is 0. The molecular formula is C10H14O3. The maximum Gasteiger partial charge on any atom is 0.312 e. The molecule has 0 heterocycles. The minimum atomic E-state index is -0.519. The molecule has 2 aliphatic carbocycles. The number of carbonyl (C=O) groups excluding carboxylic acids is 1. The van der Waals surface area contributed by atoms with Crippen LogP contribution in [0.1, 0.15) is 13.3 Å². The third-order valence-electron chi connectivity index (χ3n) is 2.98. The van der Waals surface area contributed by atoms with E-state index >= 15 is 0 Å². The molecule has 1 N–H and O–H groups in total. The van der Waals surface area contributed by atoms with Gasteiger partial charge in [0.05, 0.1) is 18.6 Å². The average molecular weight is 182 g/mol. The molecule has 0 aliphatic heterocycles. The monoisotopic (exact) mass is 182 g/mol. The molecule has 13 heavy (non-hydrogen) atoms. The number of rotatable bonds is 2. The van der Waals surface area contributed by atoms with Crippen molar-refractivity contribution >= 4 is 5.97 Å². The van der Waals surface area contributed by atoms with Crippen molar-refractivity contribution < 1.29 is 14.6 Å². The highest BCUT2D eigenvalue weighted by Crippen LogP contribution is 2.44. The molecule has 0 aromatic rings. The standard InChI is InChI=1S/C10H14O3/c1-2-13-10(12)8-6-3-4-7(5-6)9(8)11/h3-4,6-9,11H,2,5H2,1H3/t6?,7?,8?,9-/m1/s1. The fourth-order valence-corrected chi connectivity index (χ4v) is 2.35. The number of carbonyl (C=O) groups is 1. The van der Waals surface area contributed by atoms with Gasteiger partial charge >= 0.3 is 5.97 Å². The Bertz CT molecular complexity index is 247. The van der Waals surface area contributed by atoms with Crippen molar-refractivity contribution in [1.29, 1.82) is 0 Å². The van der Waals surface area contributed by atoms with Crippen LogP contribution in [0.25, 0.3) is 0 Å². The summed E-state index contributed by atoms with van der Waals surface area (Å²) >= 11 is 0. The highest BCUT2D eigenvalue weighted by atomic mass is 16.5. The Labute approximate surface area is 77.4 Å². The zero-order valence-corrected chi connectivity index (χ0v) is 7.64. The number of aliphatic hydroxyl groups excluding tert-OH is 1. The van der Waals surface area contributed by atoms with Gasteiger partial charge in [-0.3, -0.25) is 4.79 Å². The van der Waals surface area contributed by atoms with Crippen molar-refractivity contribution in [1.82, 2.24) is 0 Å². The van der Waals surface area contributed by atoms with Gasteiger partial charge in [0.25, 0.3) is 0 Å². The van der Waals surface area contributed by atoms with Crippen molar-refractivity contribution in [3.8, 4) is 0 Å². The lowest BCUT2D eigenvalue weighted by molar-refractivity contribution is -0.152. The van der Waals surface area contributed by atoms with Crippen LogP contribution in [-0.2, 0) is 9.53 Å². The Morgan fingerprint density at radius 3 is 2.77 bits per heavy atom. The van der Waals surface area contributed by atoms with E-state index in [1.165, 1.54) is 0 Å². The van der Waals surface area contributed by atoms with Crippen molar-refractivity contribution in [3.63, 3.8) is 0 Å². The number of hydrogen-bond donors (Lipinski definition) is 1. The summed E-state index contributed by atoms with van der Waals surface area (Å²) in [4.78, 5) is 11.4. The summed E-state index contributed by atoms with van der Waals surface area (Å²) in [6.45, 7) is 2.18. The van der Waals surface area contributed by atoms with Crippen LogP contribution in [0.5, 0.6) is 0 Å². The molecule has 0 amide bonds. The van der Waals surface area contributed by atoms with Crippen LogP contribution in [0.2, 0.25) is 0 Å². The van der Waals surface area contributed by atoms with E-state index in [-0.39, 0.29) is 23.7 Å². The number of esters is 1. The van der Waals surface area contributed by atoms with Gasteiger partial charge in [-0.15, -0.1) is 0 Å². The highest BCUT2D eigenvalue weighted by molar-refractivity contribution is 5.75. The average Bonchev–Trinajstić information content (AvgIpc) is 2.63. The van der Waals surface area contributed by atoms with Crippen LogP contribution in [0, 0.1) is 17.8 Å². The van der Waals surface area contributed by atoms with Gasteiger partial charge in [0, 0.05) is 5.92 Å². The van der Waals surface area contributed by atoms with Crippen LogP contribution in [-0.4, -0.2) is 23.8 Å². The first-order valence-corrected chi connectivity index (χ1v) is 4.77. The SMILES string of the molecule is CCOC(=O)C1C2C=CC(C2)[C@H]1O. The predicted molar refractivity (Wildman–Crippen MR) is 46.9 cm³/mol. The zero-order valence-electron chi connectivity index (χ0n) is 7.64. The number of ether oxygens (including phenoxy) is 1. The van der Waals surface area contributed by atoms with E-state index in [4.69, 9.17) is 4.74 Å². The van der Waals surface area contributed by atoms with E-state index < -0.39 is 6.10 Å². The lowest BCUT2D eigenvalue weighted by atomic mass is 9.91. The van der Waals surface area contributed by atoms with Gasteiger partial charge in [-0.25, -0.2) is 0 Å². The molecule has 1 fully saturated rings. The topological polar surface area (TPSA) is 46.5 Å². The normalized spacial score (nSPS) is 41.1. The fourth-order valence-electron chi connectivity index (χ4n) is 2.35. The Morgan fingerprint density at radius 2 is 2.23 bits per heavy atom. The van der Waals surface area contributed by atoms with Crippen LogP contribution >= 0.6 is 0 Å². The van der Waals surface area contributed by atoms with Crippen LogP contribution < -0.4 is 0 Å². The van der Waals surface area contributed by atoms with Gasteiger partial charge in [-0.1, -0.05) is 12.2 Å². The maximum absolute atomic E-state index is 11.4. The Kier molecular flexibility index (Phi) is 2.12. The number of allylic oxidation sites excluding steroid dienone is 1. The second kappa shape index (κ2) is 3.14. The van der Waals surface area contributed by atoms with E-state index in [1.54, 1.807) is 6.92 Å². The van der Waals surface area contributed by atoms with Gasteiger partial charge in [-0.2, -0.15) is 0 Å². The predicted octanol–water partition coefficient (Wildman–Crippen LogP) is 0.732. The van der Waals surface area contributed by atoms with Crippen molar-refractivity contribution in [2.75, 3.05) is 6.61 Å². The summed E-state index contributed by atoms with van der Waals surface area (Å²) in [5, 5.41) is 9.72. The second-order valence-electron chi connectivity index (χ2n) is 3.72. The smallest absolute Gasteiger partial charge is 0.312 e. The summed E-state index contributed by atoms with van der Waals surface area (Å²) in [5.74, 6) is -0.166. The molecule has 0 saturated heterocycles. The first-order chi connectivity index (χ1) is 6.24. The number of fused-ring (bicyclic) bond motifs is 2. The molecule has 2 aliphatic rings. The Hall–Kier alpha value is -0.830. The lowest BCUT2D eigenvalue weighted by Gasteiger charge is -2.21. The minimum absolute atomic E-state index is 0.180. The Morgan fingerprint density at radius 1 is 1.54 bits per heavy atom. The molecule has 0 aromatic carbocycles. The number of hydrogen-bond acceptors (Lipinski definition) is 3. The van der Waals surface area contributed by atoms with Crippen LogP contribution in [0.15, 0.2) is 12.2 Å². The molecule has 72 valence electrons. The molecule has 2 bridgehead atoms. The fraction of sp³-hybridized carbons (Fsp3) is 0.700. The summed E-state index contributed by atoms with van der Waals surface area (Å²) in [6.07, 6.45) is 4.42. The first-order valence-electron chi connectivity index (χ1n) is 4.77. The van der Waals surface area contributed by atoms with Crippen molar-refractivity contribution in [2.24, 2.45) is 17.8 Å². The van der Waals surface area contributed by atoms with Crippen LogP contribution in [0.4, 0.5) is 0 Å². The highest BCUT2D eigenvalue weighted by Gasteiger charge is 2.48. The molecule has 4 atom stereocenters. The van der Waals surface area contributed by atoms with E-state index in [0.29, 0.717) is 6.61 Å². The molecule has 1 saturated carbocycles. The molecule has 0 spiro atoms. The molecular weight excluding hydrogens is 168 g/mol. The minimum Gasteiger partial charge on any atom is -0.466 e.